The number of methoxy groups -OCH3 is 1. The van der Waals surface area contributed by atoms with Gasteiger partial charge in [0.05, 0.1) is 50.8 Å². The van der Waals surface area contributed by atoms with E-state index in [-0.39, 0.29) is 24.3 Å². The second-order valence-corrected chi connectivity index (χ2v) is 14.0. The Hall–Kier alpha value is -4.26. The van der Waals surface area contributed by atoms with Gasteiger partial charge in [-0.15, -0.1) is 0 Å². The zero-order valence-corrected chi connectivity index (χ0v) is 30.9. The first-order chi connectivity index (χ1) is 23.3. The highest BCUT2D eigenvalue weighted by Crippen LogP contribution is 2.36. The highest BCUT2D eigenvalue weighted by atomic mass is 127. The SMILES string of the molecule is CCOC(=O)C1=C(c2ccccc2)N=c2s/c(=C\c3cc(I)cc(I)c3OCc3ccc(C#N)cc3)c(=O)n2[C@@H]1c1ccc(OC)cc1. The van der Waals surface area contributed by atoms with Crippen LogP contribution in [0, 0.1) is 18.5 Å². The number of hydrogen-bond donors (Lipinski definition) is 0. The average Bonchev–Trinajstić information content (AvgIpc) is 3.41. The maximum absolute atomic E-state index is 14.4. The van der Waals surface area contributed by atoms with E-state index >= 15 is 0 Å². The van der Waals surface area contributed by atoms with Gasteiger partial charge >= 0.3 is 5.97 Å². The summed E-state index contributed by atoms with van der Waals surface area (Å²) in [5.74, 6) is 0.744. The van der Waals surface area contributed by atoms with Gasteiger partial charge in [-0.25, -0.2) is 9.79 Å². The Bertz CT molecular complexity index is 2260. The van der Waals surface area contributed by atoms with Crippen molar-refractivity contribution in [2.24, 2.45) is 4.99 Å². The Balaban J connectivity index is 1.54. The minimum atomic E-state index is -0.799. The summed E-state index contributed by atoms with van der Waals surface area (Å²) in [6, 6.07) is 29.3. The van der Waals surface area contributed by atoms with Gasteiger partial charge in [0.1, 0.15) is 18.1 Å². The molecule has 0 unspecified atom stereocenters. The molecule has 0 bridgehead atoms. The van der Waals surface area contributed by atoms with Crippen molar-refractivity contribution in [2.75, 3.05) is 13.7 Å². The van der Waals surface area contributed by atoms with Crippen LogP contribution in [0.4, 0.5) is 0 Å². The number of thiazole rings is 1. The molecule has 6 rings (SSSR count). The third-order valence-corrected chi connectivity index (χ3v) is 10.0. The predicted molar refractivity (Wildman–Crippen MR) is 201 cm³/mol. The van der Waals surface area contributed by atoms with Crippen molar-refractivity contribution < 1.29 is 19.0 Å². The normalized spacial score (nSPS) is 14.1. The van der Waals surface area contributed by atoms with Crippen LogP contribution in [0.25, 0.3) is 11.8 Å². The van der Waals surface area contributed by atoms with Crippen LogP contribution in [0.1, 0.15) is 40.8 Å². The smallest absolute Gasteiger partial charge is 0.338 e. The number of carbonyl (C=O) groups excluding carboxylic acids is 1. The second kappa shape index (κ2) is 14.9. The molecule has 0 aliphatic carbocycles. The summed E-state index contributed by atoms with van der Waals surface area (Å²) < 4.78 is 21.2. The largest absolute Gasteiger partial charge is 0.497 e. The van der Waals surface area contributed by atoms with E-state index < -0.39 is 12.0 Å². The highest BCUT2D eigenvalue weighted by molar-refractivity contribution is 14.1. The molecule has 1 aromatic heterocycles. The molecule has 5 aromatic rings. The van der Waals surface area contributed by atoms with Gasteiger partial charge in [0.25, 0.3) is 5.56 Å². The number of aromatic nitrogens is 1. The van der Waals surface area contributed by atoms with Crippen molar-refractivity contribution in [1.82, 2.24) is 4.57 Å². The molecular weight excluding hydrogens is 852 g/mol. The zero-order valence-electron chi connectivity index (χ0n) is 25.8. The Morgan fingerprint density at radius 1 is 1.04 bits per heavy atom. The molecule has 0 amide bonds. The van der Waals surface area contributed by atoms with Gasteiger partial charge in [-0.1, -0.05) is 65.9 Å². The van der Waals surface area contributed by atoms with Crippen LogP contribution in [0.15, 0.2) is 106 Å². The molecule has 1 atom stereocenters. The lowest BCUT2D eigenvalue weighted by Gasteiger charge is -2.26. The fourth-order valence-electron chi connectivity index (χ4n) is 5.35. The lowest BCUT2D eigenvalue weighted by molar-refractivity contribution is -0.138. The van der Waals surface area contributed by atoms with Crippen LogP contribution in [0.3, 0.4) is 0 Å². The highest BCUT2D eigenvalue weighted by Gasteiger charge is 2.35. The van der Waals surface area contributed by atoms with Crippen LogP contribution in [0.5, 0.6) is 11.5 Å². The van der Waals surface area contributed by atoms with Gasteiger partial charge in [-0.2, -0.15) is 5.26 Å². The molecule has 2 heterocycles. The Morgan fingerprint density at radius 2 is 1.77 bits per heavy atom. The van der Waals surface area contributed by atoms with Crippen molar-refractivity contribution in [3.63, 3.8) is 0 Å². The number of ether oxygens (including phenoxy) is 3. The van der Waals surface area contributed by atoms with Crippen LogP contribution in [-0.4, -0.2) is 24.3 Å². The number of nitriles is 1. The monoisotopic (exact) mass is 879 g/mol. The van der Waals surface area contributed by atoms with E-state index in [1.165, 1.54) is 11.3 Å². The van der Waals surface area contributed by atoms with Crippen LogP contribution in [0.2, 0.25) is 0 Å². The van der Waals surface area contributed by atoms with Crippen molar-refractivity contribution in [3.05, 3.63) is 151 Å². The Morgan fingerprint density at radius 3 is 2.44 bits per heavy atom. The van der Waals surface area contributed by atoms with Crippen molar-refractivity contribution in [3.8, 4) is 17.6 Å². The first-order valence-corrected chi connectivity index (χ1v) is 17.8. The minimum Gasteiger partial charge on any atom is -0.497 e. The van der Waals surface area contributed by atoms with E-state index in [0.717, 1.165) is 23.8 Å². The topological polar surface area (TPSA) is 103 Å². The fraction of sp³-hybridized carbons (Fsp3) is 0.135. The van der Waals surface area contributed by atoms with E-state index in [4.69, 9.17) is 24.5 Å². The molecule has 8 nitrogen and oxygen atoms in total. The van der Waals surface area contributed by atoms with Crippen molar-refractivity contribution in [2.45, 2.75) is 19.6 Å². The minimum absolute atomic E-state index is 0.167. The number of esters is 1. The summed E-state index contributed by atoms with van der Waals surface area (Å²) in [6.07, 6.45) is 1.82. The molecule has 1 aliphatic heterocycles. The van der Waals surface area contributed by atoms with E-state index in [1.54, 1.807) is 30.7 Å². The number of fused-ring (bicyclic) bond motifs is 1. The number of halogens is 2. The average molecular weight is 880 g/mol. The summed E-state index contributed by atoms with van der Waals surface area (Å²) in [5.41, 5.74) is 4.12. The number of benzene rings is 4. The van der Waals surface area contributed by atoms with Gasteiger partial charge in [-0.05, 0) is 106 Å². The van der Waals surface area contributed by atoms with Gasteiger partial charge in [0, 0.05) is 14.7 Å². The van der Waals surface area contributed by atoms with Crippen LogP contribution in [-0.2, 0) is 16.1 Å². The first-order valence-electron chi connectivity index (χ1n) is 14.8. The molecule has 48 heavy (non-hydrogen) atoms. The number of rotatable bonds is 9. The molecule has 1 aliphatic rings. The Labute approximate surface area is 307 Å². The molecule has 0 spiro atoms. The fourth-order valence-corrected chi connectivity index (χ4v) is 8.39. The van der Waals surface area contributed by atoms with Gasteiger partial charge < -0.3 is 14.2 Å². The Kier molecular flexibility index (Phi) is 10.4. The summed E-state index contributed by atoms with van der Waals surface area (Å²) in [6.45, 7) is 2.20. The van der Waals surface area contributed by atoms with Gasteiger partial charge in [-0.3, -0.25) is 9.36 Å². The molecular formula is C37H27I2N3O5S. The van der Waals surface area contributed by atoms with Gasteiger partial charge in [0.2, 0.25) is 0 Å². The quantitative estimate of drug-likeness (QED) is 0.122. The molecule has 11 heteroatoms. The third-order valence-electron chi connectivity index (χ3n) is 7.60. The molecule has 0 radical (unpaired) electrons. The number of hydrogen-bond acceptors (Lipinski definition) is 8. The summed E-state index contributed by atoms with van der Waals surface area (Å²) in [7, 11) is 1.59. The zero-order chi connectivity index (χ0) is 33.8. The van der Waals surface area contributed by atoms with E-state index in [2.05, 4.69) is 51.3 Å². The number of carbonyl (C=O) groups is 1. The van der Waals surface area contributed by atoms with E-state index in [0.29, 0.717) is 37.7 Å². The van der Waals surface area contributed by atoms with Crippen LogP contribution >= 0.6 is 56.5 Å². The van der Waals surface area contributed by atoms with E-state index in [1.807, 2.05) is 84.9 Å². The van der Waals surface area contributed by atoms with Gasteiger partial charge in [0.15, 0.2) is 4.80 Å². The molecule has 0 saturated carbocycles. The lowest BCUT2D eigenvalue weighted by atomic mass is 9.93. The first kappa shape index (κ1) is 33.6. The summed E-state index contributed by atoms with van der Waals surface area (Å²) in [5, 5.41) is 9.15. The summed E-state index contributed by atoms with van der Waals surface area (Å²) in [4.78, 5) is 33.6. The molecule has 0 fully saturated rings. The summed E-state index contributed by atoms with van der Waals surface area (Å²) >= 11 is 5.74. The predicted octanol–water partition coefficient (Wildman–Crippen LogP) is 6.60. The maximum atomic E-state index is 14.4. The third kappa shape index (κ3) is 6.96. The molecule has 240 valence electrons. The molecule has 4 aromatic carbocycles. The van der Waals surface area contributed by atoms with Crippen molar-refractivity contribution >= 4 is 74.3 Å². The molecule has 0 saturated heterocycles. The van der Waals surface area contributed by atoms with Crippen molar-refractivity contribution in [1.29, 1.82) is 5.26 Å². The second-order valence-electron chi connectivity index (χ2n) is 10.6. The lowest BCUT2D eigenvalue weighted by Crippen LogP contribution is -2.40. The maximum Gasteiger partial charge on any atom is 0.338 e. The number of nitrogens with zero attached hydrogens (tertiary/aromatic N) is 3. The van der Waals surface area contributed by atoms with E-state index in [9.17, 15) is 9.59 Å². The standard InChI is InChI=1S/C37H27I2N3O5S/c1-3-46-36(44)31-32(24-7-5-4-6-8-24)41-37-42(33(31)25-13-15-28(45-2)16-14-25)35(43)30(48-37)18-26-17-27(38)19-29(39)34(26)47-21-23-11-9-22(20-40)10-12-23/h4-19,33H,3,21H2,1-2H3/b30-18-/t33-/m1/s1. The molecule has 0 N–H and O–H groups in total. The van der Waals surface area contributed by atoms with Crippen LogP contribution < -0.4 is 24.4 Å².